The van der Waals surface area contributed by atoms with Gasteiger partial charge in [-0.3, -0.25) is 4.79 Å². The van der Waals surface area contributed by atoms with Crippen LogP contribution in [0.3, 0.4) is 0 Å². The summed E-state index contributed by atoms with van der Waals surface area (Å²) in [5, 5.41) is 0.971. The number of fused-ring (bicyclic) bond motifs is 1. The second kappa shape index (κ2) is 8.86. The van der Waals surface area contributed by atoms with Crippen LogP contribution < -0.4 is 4.43 Å². The van der Waals surface area contributed by atoms with Crippen LogP contribution in [-0.4, -0.2) is 24.6 Å². The standard InChI is InChI=1S/C24H29ClN2O2Si/c1-15(2)30(16(3)4,17(5)6)29-20-9-7-8-19(13-20)23-21-12-18(14-28)10-11-22(21)26-24(25)27-23/h7-17H,1-6H3. The van der Waals surface area contributed by atoms with E-state index in [2.05, 4.69) is 51.5 Å². The molecule has 0 radical (unpaired) electrons. The number of aldehydes is 1. The Labute approximate surface area is 184 Å². The first kappa shape index (κ1) is 22.4. The van der Waals surface area contributed by atoms with Crippen molar-refractivity contribution >= 4 is 37.1 Å². The van der Waals surface area contributed by atoms with Crippen molar-refractivity contribution < 1.29 is 9.22 Å². The van der Waals surface area contributed by atoms with Gasteiger partial charge in [-0.05, 0) is 58.6 Å². The Morgan fingerprint density at radius 3 is 2.20 bits per heavy atom. The number of benzene rings is 2. The molecular weight excluding hydrogens is 412 g/mol. The van der Waals surface area contributed by atoms with Crippen LogP contribution in [0.1, 0.15) is 51.9 Å². The quantitative estimate of drug-likeness (QED) is 0.219. The van der Waals surface area contributed by atoms with E-state index < -0.39 is 8.32 Å². The third-order valence-electron chi connectivity index (χ3n) is 5.94. The summed E-state index contributed by atoms with van der Waals surface area (Å²) < 4.78 is 6.84. The lowest BCUT2D eigenvalue weighted by Crippen LogP contribution is -2.50. The fraction of sp³-hybridized carbons (Fsp3) is 0.375. The largest absolute Gasteiger partial charge is 0.543 e. The van der Waals surface area contributed by atoms with Crippen molar-refractivity contribution in [3.8, 4) is 17.0 Å². The highest BCUT2D eigenvalue weighted by Gasteiger charge is 2.47. The van der Waals surface area contributed by atoms with Crippen LogP contribution in [-0.2, 0) is 0 Å². The van der Waals surface area contributed by atoms with Gasteiger partial charge in [0.2, 0.25) is 5.28 Å². The summed E-state index contributed by atoms with van der Waals surface area (Å²) in [6, 6.07) is 13.3. The summed E-state index contributed by atoms with van der Waals surface area (Å²) >= 11 is 6.20. The molecule has 158 valence electrons. The molecule has 0 atom stereocenters. The molecule has 0 aliphatic heterocycles. The van der Waals surface area contributed by atoms with E-state index in [1.165, 1.54) is 0 Å². The molecule has 2 aromatic carbocycles. The number of carbonyl (C=O) groups is 1. The molecule has 0 saturated heterocycles. The van der Waals surface area contributed by atoms with E-state index in [9.17, 15) is 4.79 Å². The monoisotopic (exact) mass is 440 g/mol. The predicted molar refractivity (Wildman–Crippen MR) is 127 cm³/mol. The van der Waals surface area contributed by atoms with Gasteiger partial charge in [-0.2, -0.15) is 0 Å². The molecule has 0 unspecified atom stereocenters. The fourth-order valence-electron chi connectivity index (χ4n) is 4.68. The number of rotatable bonds is 7. The van der Waals surface area contributed by atoms with Crippen LogP contribution in [0.5, 0.6) is 5.75 Å². The first-order valence-corrected chi connectivity index (χ1v) is 12.9. The van der Waals surface area contributed by atoms with E-state index in [0.717, 1.165) is 23.0 Å². The molecule has 1 aromatic heterocycles. The van der Waals surface area contributed by atoms with Gasteiger partial charge in [0.25, 0.3) is 8.32 Å². The number of nitrogens with zero attached hydrogens (tertiary/aromatic N) is 2. The van der Waals surface area contributed by atoms with Crippen molar-refractivity contribution in [3.63, 3.8) is 0 Å². The maximum atomic E-state index is 11.3. The normalized spacial score (nSPS) is 12.2. The molecule has 0 aliphatic rings. The SMILES string of the molecule is CC(C)[Si](Oc1cccc(-c2nc(Cl)nc3ccc(C=O)cc23)c1)(C(C)C)C(C)C. The van der Waals surface area contributed by atoms with E-state index in [1.807, 2.05) is 24.3 Å². The highest BCUT2D eigenvalue weighted by molar-refractivity contribution is 6.78. The molecular formula is C24H29ClN2O2Si. The van der Waals surface area contributed by atoms with Gasteiger partial charge >= 0.3 is 0 Å². The van der Waals surface area contributed by atoms with E-state index in [0.29, 0.717) is 33.4 Å². The minimum Gasteiger partial charge on any atom is -0.543 e. The van der Waals surface area contributed by atoms with Crippen LogP contribution in [0.25, 0.3) is 22.2 Å². The maximum Gasteiger partial charge on any atom is 0.258 e. The average molecular weight is 441 g/mol. The van der Waals surface area contributed by atoms with Gasteiger partial charge in [-0.25, -0.2) is 9.97 Å². The Morgan fingerprint density at radius 1 is 0.933 bits per heavy atom. The molecule has 6 heteroatoms. The zero-order valence-electron chi connectivity index (χ0n) is 18.4. The molecule has 0 saturated carbocycles. The number of halogens is 1. The number of hydrogen-bond donors (Lipinski definition) is 0. The molecule has 0 aliphatic carbocycles. The van der Waals surface area contributed by atoms with Gasteiger partial charge in [0, 0.05) is 16.5 Å². The highest BCUT2D eigenvalue weighted by Crippen LogP contribution is 2.43. The number of hydrogen-bond acceptors (Lipinski definition) is 4. The van der Waals surface area contributed by atoms with E-state index in [1.54, 1.807) is 18.2 Å². The minimum atomic E-state index is -2.08. The Morgan fingerprint density at radius 2 is 1.60 bits per heavy atom. The van der Waals surface area contributed by atoms with Crippen molar-refractivity contribution in [3.05, 3.63) is 53.3 Å². The Kier molecular flexibility index (Phi) is 6.63. The minimum absolute atomic E-state index is 0.179. The second-order valence-corrected chi connectivity index (χ2v) is 14.4. The topological polar surface area (TPSA) is 52.1 Å². The molecule has 0 fully saturated rings. The lowest BCUT2D eigenvalue weighted by Gasteiger charge is -2.42. The molecule has 3 aromatic rings. The average Bonchev–Trinajstić information content (AvgIpc) is 2.70. The number of carbonyl (C=O) groups excluding carboxylic acids is 1. The molecule has 0 N–H and O–H groups in total. The van der Waals surface area contributed by atoms with Gasteiger partial charge in [0.15, 0.2) is 0 Å². The molecule has 30 heavy (non-hydrogen) atoms. The summed E-state index contributed by atoms with van der Waals surface area (Å²) in [5.74, 6) is 0.852. The van der Waals surface area contributed by atoms with Crippen LogP contribution in [0.4, 0.5) is 0 Å². The maximum absolute atomic E-state index is 11.3. The Bertz CT molecular complexity index is 1040. The summed E-state index contributed by atoms with van der Waals surface area (Å²) in [5.41, 5.74) is 4.31. The smallest absolute Gasteiger partial charge is 0.258 e. The Hall–Kier alpha value is -2.24. The molecule has 1 heterocycles. The zero-order chi connectivity index (χ0) is 22.1. The first-order valence-electron chi connectivity index (χ1n) is 10.4. The summed E-state index contributed by atoms with van der Waals surface area (Å²) in [4.78, 5) is 20.1. The van der Waals surface area contributed by atoms with E-state index >= 15 is 0 Å². The van der Waals surface area contributed by atoms with Crippen LogP contribution in [0.2, 0.25) is 21.9 Å². The summed E-state index contributed by atoms with van der Waals surface area (Å²) in [6.07, 6.45) is 0.825. The Balaban J connectivity index is 2.13. The van der Waals surface area contributed by atoms with Gasteiger partial charge in [0.1, 0.15) is 12.0 Å². The second-order valence-electron chi connectivity index (χ2n) is 8.68. The van der Waals surface area contributed by atoms with Gasteiger partial charge in [-0.1, -0.05) is 53.7 Å². The van der Waals surface area contributed by atoms with Crippen molar-refractivity contribution in [2.75, 3.05) is 0 Å². The fourth-order valence-corrected chi connectivity index (χ4v) is 10.1. The van der Waals surface area contributed by atoms with Crippen LogP contribution in [0.15, 0.2) is 42.5 Å². The lowest BCUT2D eigenvalue weighted by molar-refractivity contribution is 0.112. The molecule has 0 amide bonds. The van der Waals surface area contributed by atoms with Crippen molar-refractivity contribution in [2.24, 2.45) is 0 Å². The highest BCUT2D eigenvalue weighted by atomic mass is 35.5. The van der Waals surface area contributed by atoms with Crippen molar-refractivity contribution in [1.29, 1.82) is 0 Å². The van der Waals surface area contributed by atoms with E-state index in [4.69, 9.17) is 16.0 Å². The van der Waals surface area contributed by atoms with Gasteiger partial charge in [0.05, 0.1) is 11.2 Å². The van der Waals surface area contributed by atoms with Crippen LogP contribution >= 0.6 is 11.6 Å². The number of aromatic nitrogens is 2. The predicted octanol–water partition coefficient (Wildman–Crippen LogP) is 7.32. The summed E-state index contributed by atoms with van der Waals surface area (Å²) in [7, 11) is -2.08. The third-order valence-corrected chi connectivity index (χ3v) is 12.1. The zero-order valence-corrected chi connectivity index (χ0v) is 20.2. The van der Waals surface area contributed by atoms with E-state index in [-0.39, 0.29) is 5.28 Å². The molecule has 0 spiro atoms. The molecule has 3 rings (SSSR count). The molecule has 4 nitrogen and oxygen atoms in total. The third kappa shape index (κ3) is 4.14. The first-order chi connectivity index (χ1) is 14.2. The molecule has 0 bridgehead atoms. The summed E-state index contributed by atoms with van der Waals surface area (Å²) in [6.45, 7) is 13.6. The van der Waals surface area contributed by atoms with Gasteiger partial charge < -0.3 is 4.43 Å². The van der Waals surface area contributed by atoms with Crippen LogP contribution in [0, 0.1) is 0 Å². The van der Waals surface area contributed by atoms with Gasteiger partial charge in [-0.15, -0.1) is 0 Å². The lowest BCUT2D eigenvalue weighted by atomic mass is 10.0. The van der Waals surface area contributed by atoms with Crippen molar-refractivity contribution in [2.45, 2.75) is 58.2 Å². The van der Waals surface area contributed by atoms with Crippen molar-refractivity contribution in [1.82, 2.24) is 9.97 Å².